The lowest BCUT2D eigenvalue weighted by atomic mass is 9.83. The first-order chi connectivity index (χ1) is 23.3. The van der Waals surface area contributed by atoms with Crippen LogP contribution in [0.15, 0.2) is 77.2 Å². The molecule has 4 aromatic rings. The maximum absolute atomic E-state index is 16.3. The van der Waals surface area contributed by atoms with Gasteiger partial charge in [-0.25, -0.2) is 22.0 Å². The molecular weight excluding hydrogens is 668 g/mol. The summed E-state index contributed by atoms with van der Waals surface area (Å²) in [6.07, 6.45) is -0.469. The van der Waals surface area contributed by atoms with Crippen molar-refractivity contribution in [1.82, 2.24) is 15.5 Å². The fourth-order valence-corrected chi connectivity index (χ4v) is 6.03. The normalized spacial score (nSPS) is 18.3. The lowest BCUT2D eigenvalue weighted by Gasteiger charge is -2.27. The molecule has 1 aromatic heterocycles. The van der Waals surface area contributed by atoms with Gasteiger partial charge in [-0.1, -0.05) is 36.4 Å². The summed E-state index contributed by atoms with van der Waals surface area (Å²) in [5.74, 6) is -3.57. The van der Waals surface area contributed by atoms with Crippen molar-refractivity contribution < 1.29 is 40.7 Å². The van der Waals surface area contributed by atoms with Crippen LogP contribution in [0.5, 0.6) is 11.5 Å². The number of sulfone groups is 1. The van der Waals surface area contributed by atoms with Crippen LogP contribution in [0, 0.1) is 0 Å². The molecule has 0 bridgehead atoms. The van der Waals surface area contributed by atoms with Crippen LogP contribution in [-0.2, 0) is 36.5 Å². The number of nitrogens with zero attached hydrogens (tertiary/aromatic N) is 2. The lowest BCUT2D eigenvalue weighted by molar-refractivity contribution is -0.124. The number of hydrogen-bond donors (Lipinski definition) is 1. The zero-order valence-electron chi connectivity index (χ0n) is 28.8. The lowest BCUT2D eigenvalue weighted by Crippen LogP contribution is -2.45. The van der Waals surface area contributed by atoms with Gasteiger partial charge in [0.2, 0.25) is 11.8 Å². The highest BCUT2D eigenvalue weighted by atomic mass is 32.2. The highest BCUT2D eigenvalue weighted by Crippen LogP contribution is 2.43. The topological polar surface area (TPSA) is 138 Å². The minimum atomic E-state index is -3.64. The Kier molecular flexibility index (Phi) is 10.2. The second-order valence-corrected chi connectivity index (χ2v) is 16.6. The Labute approximate surface area is 290 Å². The van der Waals surface area contributed by atoms with Crippen molar-refractivity contribution in [3.8, 4) is 23.0 Å². The van der Waals surface area contributed by atoms with Gasteiger partial charge in [-0.3, -0.25) is 4.79 Å². The van der Waals surface area contributed by atoms with Crippen molar-refractivity contribution in [3.05, 3.63) is 95.4 Å². The number of fused-ring (bicyclic) bond motifs is 1. The molecule has 1 aliphatic rings. The zero-order valence-corrected chi connectivity index (χ0v) is 29.6. The predicted molar refractivity (Wildman–Crippen MR) is 183 cm³/mol. The number of nitrogens with one attached hydrogen (secondary N) is 1. The summed E-state index contributed by atoms with van der Waals surface area (Å²) in [4.78, 5) is 26.0. The second-order valence-electron chi connectivity index (χ2n) is 14.1. The van der Waals surface area contributed by atoms with Gasteiger partial charge in [0, 0.05) is 30.2 Å². The maximum Gasteiger partial charge on any atom is 0.408 e. The van der Waals surface area contributed by atoms with Crippen molar-refractivity contribution in [2.45, 2.75) is 88.5 Å². The number of rotatable bonds is 8. The third-order valence-corrected chi connectivity index (χ3v) is 10.7. The Hall–Kier alpha value is -4.65. The number of aromatic nitrogens is 2. The molecule has 1 N–H and O–H groups in total. The number of Topliss-reactive ketones (excluding diaryl/α,β-unsaturated/α-hetero) is 1. The van der Waals surface area contributed by atoms with E-state index in [-0.39, 0.29) is 35.7 Å². The molecule has 5 rings (SSSR count). The van der Waals surface area contributed by atoms with E-state index in [0.717, 1.165) is 11.8 Å². The number of amides is 1. The molecule has 1 aliphatic carbocycles. The summed E-state index contributed by atoms with van der Waals surface area (Å²) in [5.41, 5.74) is 0.199. The summed E-state index contributed by atoms with van der Waals surface area (Å²) < 4.78 is 73.0. The third kappa shape index (κ3) is 8.55. The Morgan fingerprint density at radius 3 is 2.28 bits per heavy atom. The van der Waals surface area contributed by atoms with Crippen molar-refractivity contribution in [1.29, 1.82) is 0 Å². The SMILES string of the molecule is CC(C)(C)OC(=O)N[C@@H]1CC(F)(F)c2ccc(-c3nnc(C(C)(C)S(C)(=O)=O)o3)cc2C(Cc2ccc(Oc3ccccc3)cc2)CCC1=O. The minimum Gasteiger partial charge on any atom is -0.457 e. The molecule has 0 spiro atoms. The Balaban J connectivity index is 1.52. The van der Waals surface area contributed by atoms with Crippen LogP contribution in [0.25, 0.3) is 11.5 Å². The number of hydrogen-bond acceptors (Lipinski definition) is 9. The zero-order chi connectivity index (χ0) is 36.5. The van der Waals surface area contributed by atoms with E-state index < -0.39 is 56.4 Å². The molecule has 2 atom stereocenters. The molecule has 0 fully saturated rings. The van der Waals surface area contributed by atoms with Crippen LogP contribution in [0.2, 0.25) is 0 Å². The molecule has 10 nitrogen and oxygen atoms in total. The van der Waals surface area contributed by atoms with E-state index in [0.29, 0.717) is 23.5 Å². The first kappa shape index (κ1) is 36.6. The molecule has 266 valence electrons. The van der Waals surface area contributed by atoms with E-state index in [4.69, 9.17) is 13.9 Å². The first-order valence-corrected chi connectivity index (χ1v) is 18.1. The number of benzene rings is 3. The minimum absolute atomic E-state index is 0.0376. The smallest absolute Gasteiger partial charge is 0.408 e. The average Bonchev–Trinajstić information content (AvgIpc) is 3.54. The number of alkyl halides is 2. The third-order valence-electron chi connectivity index (χ3n) is 8.66. The molecule has 1 amide bonds. The summed E-state index contributed by atoms with van der Waals surface area (Å²) in [7, 11) is -3.64. The second kappa shape index (κ2) is 13.9. The van der Waals surface area contributed by atoms with E-state index in [1.165, 1.54) is 32.0 Å². The van der Waals surface area contributed by atoms with Gasteiger partial charge in [-0.05, 0) is 101 Å². The molecular formula is C37H41F2N3O7S. The number of ether oxygens (including phenoxy) is 2. The fraction of sp³-hybridized carbons (Fsp3) is 0.405. The van der Waals surface area contributed by atoms with Crippen LogP contribution in [-0.4, -0.2) is 48.4 Å². The van der Waals surface area contributed by atoms with Gasteiger partial charge in [0.1, 0.15) is 21.8 Å². The molecule has 0 aliphatic heterocycles. The van der Waals surface area contributed by atoms with Gasteiger partial charge < -0.3 is 19.2 Å². The number of alkyl carbamates (subject to hydrolysis) is 1. The summed E-state index contributed by atoms with van der Waals surface area (Å²) in [6, 6.07) is 19.3. The van der Waals surface area contributed by atoms with E-state index in [1.807, 2.05) is 42.5 Å². The van der Waals surface area contributed by atoms with Crippen molar-refractivity contribution in [2.24, 2.45) is 0 Å². The summed E-state index contributed by atoms with van der Waals surface area (Å²) in [5, 5.41) is 10.4. The van der Waals surface area contributed by atoms with Gasteiger partial charge in [0.05, 0.1) is 6.04 Å². The number of carbonyl (C=O) groups excluding carboxylic acids is 2. The number of halogens is 2. The molecule has 50 heavy (non-hydrogen) atoms. The highest BCUT2D eigenvalue weighted by Gasteiger charge is 2.43. The van der Waals surface area contributed by atoms with Gasteiger partial charge in [-0.2, -0.15) is 0 Å². The van der Waals surface area contributed by atoms with Crippen molar-refractivity contribution >= 4 is 21.7 Å². The molecule has 0 saturated carbocycles. The van der Waals surface area contributed by atoms with Gasteiger partial charge >= 0.3 is 6.09 Å². The monoisotopic (exact) mass is 709 g/mol. The van der Waals surface area contributed by atoms with Gasteiger partial charge in [0.25, 0.3) is 5.92 Å². The van der Waals surface area contributed by atoms with Crippen LogP contribution in [0.4, 0.5) is 13.6 Å². The van der Waals surface area contributed by atoms with E-state index in [9.17, 15) is 18.0 Å². The Morgan fingerprint density at radius 2 is 1.64 bits per heavy atom. The van der Waals surface area contributed by atoms with Crippen molar-refractivity contribution in [3.63, 3.8) is 0 Å². The van der Waals surface area contributed by atoms with Crippen LogP contribution < -0.4 is 10.1 Å². The molecule has 0 saturated heterocycles. The molecule has 1 heterocycles. The average molecular weight is 710 g/mol. The van der Waals surface area contributed by atoms with E-state index >= 15 is 8.78 Å². The molecule has 13 heteroatoms. The quantitative estimate of drug-likeness (QED) is 0.194. The van der Waals surface area contributed by atoms with Gasteiger partial charge in [0.15, 0.2) is 15.6 Å². The van der Waals surface area contributed by atoms with Crippen LogP contribution in [0.1, 0.15) is 82.4 Å². The Bertz CT molecular complexity index is 1950. The number of ketones is 1. The summed E-state index contributed by atoms with van der Waals surface area (Å²) in [6.45, 7) is 7.79. The Morgan fingerprint density at radius 1 is 0.980 bits per heavy atom. The summed E-state index contributed by atoms with van der Waals surface area (Å²) >= 11 is 0. The molecule has 3 aromatic carbocycles. The fourth-order valence-electron chi connectivity index (χ4n) is 5.63. The number of para-hydroxylation sites is 1. The predicted octanol–water partition coefficient (Wildman–Crippen LogP) is 7.87. The number of carbonyl (C=O) groups is 2. The first-order valence-electron chi connectivity index (χ1n) is 16.2. The van der Waals surface area contributed by atoms with Crippen molar-refractivity contribution in [2.75, 3.05) is 6.26 Å². The highest BCUT2D eigenvalue weighted by molar-refractivity contribution is 7.91. The van der Waals surface area contributed by atoms with E-state index in [2.05, 4.69) is 15.5 Å². The largest absolute Gasteiger partial charge is 0.457 e. The van der Waals surface area contributed by atoms with Gasteiger partial charge in [-0.15, -0.1) is 10.2 Å². The molecule has 0 radical (unpaired) electrons. The van der Waals surface area contributed by atoms with Crippen LogP contribution >= 0.6 is 0 Å². The maximum atomic E-state index is 16.3. The molecule has 1 unspecified atom stereocenters. The van der Waals surface area contributed by atoms with Crippen LogP contribution in [0.3, 0.4) is 0 Å². The van der Waals surface area contributed by atoms with E-state index in [1.54, 1.807) is 32.9 Å². The standard InChI is InChI=1S/C37H41F2N3O7S/c1-35(2,3)49-34(44)40-30-22-37(38,39)29-18-14-25(32-41-42-33(48-32)36(4,5)50(6,45)46)21-28(29)24(15-19-31(30)43)20-23-12-16-27(17-13-23)47-26-10-8-7-9-11-26/h7-14,16-18,21,24,30H,15,19-20,22H2,1-6H3,(H,40,44)/t24?,30-/m1/s1.